The first kappa shape index (κ1) is 9.59. The standard InChI is InChI=1S/C11H15FN2/c1-3-8(2)14-6-9-4-10(12)5-13-11(9)7-14/h4-5,8H,3,6-7H2,1-2H3. The normalized spacial score (nSPS) is 18.2. The molecule has 0 amide bonds. The maximum Gasteiger partial charge on any atom is 0.141 e. The highest BCUT2D eigenvalue weighted by atomic mass is 19.1. The minimum atomic E-state index is -0.227. The van der Waals surface area contributed by atoms with Crippen molar-refractivity contribution in [2.45, 2.75) is 39.4 Å². The molecule has 1 aliphatic rings. The van der Waals surface area contributed by atoms with Gasteiger partial charge in [-0.3, -0.25) is 9.88 Å². The molecular weight excluding hydrogens is 179 g/mol. The third kappa shape index (κ3) is 1.64. The molecule has 0 aliphatic carbocycles. The summed E-state index contributed by atoms with van der Waals surface area (Å²) in [6.45, 7) is 6.07. The molecule has 0 saturated heterocycles. The van der Waals surface area contributed by atoms with Gasteiger partial charge in [0.2, 0.25) is 0 Å². The van der Waals surface area contributed by atoms with E-state index in [0.29, 0.717) is 6.04 Å². The van der Waals surface area contributed by atoms with Gasteiger partial charge in [-0.15, -0.1) is 0 Å². The summed E-state index contributed by atoms with van der Waals surface area (Å²) in [6, 6.07) is 2.15. The zero-order chi connectivity index (χ0) is 10.1. The second kappa shape index (κ2) is 3.65. The van der Waals surface area contributed by atoms with E-state index in [1.807, 2.05) is 0 Å². The molecule has 76 valence electrons. The number of hydrogen-bond acceptors (Lipinski definition) is 2. The van der Waals surface area contributed by atoms with Crippen LogP contribution in [-0.2, 0) is 13.1 Å². The molecule has 1 aliphatic heterocycles. The number of rotatable bonds is 2. The lowest BCUT2D eigenvalue weighted by atomic mass is 10.2. The van der Waals surface area contributed by atoms with E-state index in [1.165, 1.54) is 6.20 Å². The smallest absolute Gasteiger partial charge is 0.141 e. The molecular formula is C11H15FN2. The van der Waals surface area contributed by atoms with Crippen LogP contribution in [0.3, 0.4) is 0 Å². The minimum Gasteiger partial charge on any atom is -0.291 e. The van der Waals surface area contributed by atoms with Gasteiger partial charge < -0.3 is 0 Å². The first-order valence-corrected chi connectivity index (χ1v) is 5.08. The molecule has 0 spiro atoms. The summed E-state index contributed by atoms with van der Waals surface area (Å²) in [5.74, 6) is -0.227. The van der Waals surface area contributed by atoms with E-state index < -0.39 is 0 Å². The first-order valence-electron chi connectivity index (χ1n) is 5.08. The van der Waals surface area contributed by atoms with Crippen molar-refractivity contribution in [2.75, 3.05) is 0 Å². The van der Waals surface area contributed by atoms with Crippen LogP contribution in [0.2, 0.25) is 0 Å². The molecule has 1 aromatic heterocycles. The Morgan fingerprint density at radius 2 is 2.36 bits per heavy atom. The lowest BCUT2D eigenvalue weighted by Gasteiger charge is -2.21. The number of pyridine rings is 1. The van der Waals surface area contributed by atoms with Gasteiger partial charge in [0, 0.05) is 19.1 Å². The molecule has 0 saturated carbocycles. The Balaban J connectivity index is 2.17. The Morgan fingerprint density at radius 3 is 3.07 bits per heavy atom. The van der Waals surface area contributed by atoms with Crippen LogP contribution in [-0.4, -0.2) is 15.9 Å². The molecule has 14 heavy (non-hydrogen) atoms. The molecule has 0 radical (unpaired) electrons. The molecule has 0 bridgehead atoms. The topological polar surface area (TPSA) is 16.1 Å². The summed E-state index contributed by atoms with van der Waals surface area (Å²) in [5, 5.41) is 0. The fraction of sp³-hybridized carbons (Fsp3) is 0.545. The van der Waals surface area contributed by atoms with Gasteiger partial charge >= 0.3 is 0 Å². The Morgan fingerprint density at radius 1 is 1.57 bits per heavy atom. The molecule has 1 atom stereocenters. The van der Waals surface area contributed by atoms with Gasteiger partial charge in [-0.25, -0.2) is 4.39 Å². The average molecular weight is 194 g/mol. The van der Waals surface area contributed by atoms with Crippen molar-refractivity contribution >= 4 is 0 Å². The van der Waals surface area contributed by atoms with Crippen LogP contribution < -0.4 is 0 Å². The highest BCUT2D eigenvalue weighted by Gasteiger charge is 2.23. The van der Waals surface area contributed by atoms with Crippen molar-refractivity contribution < 1.29 is 4.39 Å². The summed E-state index contributed by atoms with van der Waals surface area (Å²) in [4.78, 5) is 6.44. The second-order valence-corrected chi connectivity index (χ2v) is 3.92. The maximum absolute atomic E-state index is 12.9. The van der Waals surface area contributed by atoms with Crippen LogP contribution >= 0.6 is 0 Å². The largest absolute Gasteiger partial charge is 0.291 e. The summed E-state index contributed by atoms with van der Waals surface area (Å²) in [7, 11) is 0. The zero-order valence-corrected chi connectivity index (χ0v) is 8.63. The van der Waals surface area contributed by atoms with Crippen LogP contribution in [0.4, 0.5) is 4.39 Å². The SMILES string of the molecule is CCC(C)N1Cc2cc(F)cnc2C1. The van der Waals surface area contributed by atoms with Crippen molar-refractivity contribution in [3.05, 3.63) is 29.3 Å². The van der Waals surface area contributed by atoms with Gasteiger partial charge in [0.15, 0.2) is 0 Å². The number of hydrogen-bond donors (Lipinski definition) is 0. The molecule has 2 rings (SSSR count). The monoisotopic (exact) mass is 194 g/mol. The van der Waals surface area contributed by atoms with E-state index in [2.05, 4.69) is 23.7 Å². The van der Waals surface area contributed by atoms with E-state index >= 15 is 0 Å². The Kier molecular flexibility index (Phi) is 2.50. The predicted octanol–water partition coefficient (Wildman–Crippen LogP) is 2.33. The molecule has 3 heteroatoms. The highest BCUT2D eigenvalue weighted by Crippen LogP contribution is 2.23. The summed E-state index contributed by atoms with van der Waals surface area (Å²) in [6.07, 6.45) is 2.43. The number of nitrogens with zero attached hydrogens (tertiary/aromatic N) is 2. The average Bonchev–Trinajstić information content (AvgIpc) is 2.59. The van der Waals surface area contributed by atoms with E-state index in [9.17, 15) is 4.39 Å². The number of halogens is 1. The molecule has 2 heterocycles. The van der Waals surface area contributed by atoms with E-state index in [-0.39, 0.29) is 5.82 Å². The summed E-state index contributed by atoms with van der Waals surface area (Å²) < 4.78 is 12.9. The van der Waals surface area contributed by atoms with Gasteiger partial charge in [-0.2, -0.15) is 0 Å². The van der Waals surface area contributed by atoms with Gasteiger partial charge in [0.1, 0.15) is 5.82 Å². The quantitative estimate of drug-likeness (QED) is 0.718. The van der Waals surface area contributed by atoms with E-state index in [4.69, 9.17) is 0 Å². The maximum atomic E-state index is 12.9. The first-order chi connectivity index (χ1) is 6.70. The van der Waals surface area contributed by atoms with Crippen LogP contribution in [0.15, 0.2) is 12.3 Å². The molecule has 2 nitrogen and oxygen atoms in total. The zero-order valence-electron chi connectivity index (χ0n) is 8.63. The molecule has 1 unspecified atom stereocenters. The van der Waals surface area contributed by atoms with Crippen LogP contribution in [0, 0.1) is 5.82 Å². The van der Waals surface area contributed by atoms with Crippen molar-refractivity contribution in [1.29, 1.82) is 0 Å². The minimum absolute atomic E-state index is 0.227. The Labute approximate surface area is 83.8 Å². The lowest BCUT2D eigenvalue weighted by Crippen LogP contribution is -2.26. The lowest BCUT2D eigenvalue weighted by molar-refractivity contribution is 0.207. The van der Waals surface area contributed by atoms with Crippen molar-refractivity contribution in [2.24, 2.45) is 0 Å². The van der Waals surface area contributed by atoms with Crippen molar-refractivity contribution in [1.82, 2.24) is 9.88 Å². The van der Waals surface area contributed by atoms with Gasteiger partial charge in [0.25, 0.3) is 0 Å². The van der Waals surface area contributed by atoms with Crippen LogP contribution in [0.1, 0.15) is 31.5 Å². The third-order valence-electron chi connectivity index (χ3n) is 2.97. The summed E-state index contributed by atoms with van der Waals surface area (Å²) in [5.41, 5.74) is 2.08. The molecule has 0 fully saturated rings. The second-order valence-electron chi connectivity index (χ2n) is 3.92. The summed E-state index contributed by atoms with van der Waals surface area (Å²) >= 11 is 0. The Bertz CT molecular complexity index is 338. The molecule has 1 aromatic rings. The molecule has 0 aromatic carbocycles. The van der Waals surface area contributed by atoms with Crippen LogP contribution in [0.25, 0.3) is 0 Å². The van der Waals surface area contributed by atoms with Crippen molar-refractivity contribution in [3.8, 4) is 0 Å². The van der Waals surface area contributed by atoms with Gasteiger partial charge in [-0.05, 0) is 25.0 Å². The number of aromatic nitrogens is 1. The Hall–Kier alpha value is -0.960. The molecule has 0 N–H and O–H groups in total. The fourth-order valence-electron chi connectivity index (χ4n) is 1.83. The van der Waals surface area contributed by atoms with E-state index in [0.717, 1.165) is 30.8 Å². The fourth-order valence-corrected chi connectivity index (χ4v) is 1.83. The van der Waals surface area contributed by atoms with Gasteiger partial charge in [-0.1, -0.05) is 6.92 Å². The van der Waals surface area contributed by atoms with Gasteiger partial charge in [0.05, 0.1) is 11.9 Å². The van der Waals surface area contributed by atoms with Crippen LogP contribution in [0.5, 0.6) is 0 Å². The number of fused-ring (bicyclic) bond motifs is 1. The predicted molar refractivity (Wildman–Crippen MR) is 53.2 cm³/mol. The van der Waals surface area contributed by atoms with Crippen molar-refractivity contribution in [3.63, 3.8) is 0 Å². The van der Waals surface area contributed by atoms with E-state index in [1.54, 1.807) is 6.07 Å². The third-order valence-corrected chi connectivity index (χ3v) is 2.97. The highest BCUT2D eigenvalue weighted by molar-refractivity contribution is 5.24.